The summed E-state index contributed by atoms with van der Waals surface area (Å²) in [6, 6.07) is 0. The zero-order chi connectivity index (χ0) is 10.2. The van der Waals surface area contributed by atoms with Gasteiger partial charge in [-0.1, -0.05) is 19.1 Å². The summed E-state index contributed by atoms with van der Waals surface area (Å²) in [6.45, 7) is 7.10. The number of hydrogen-bond acceptors (Lipinski definition) is 2. The van der Waals surface area contributed by atoms with Crippen LogP contribution in [0.4, 0.5) is 0 Å². The smallest absolute Gasteiger partial charge is 0.0131 e. The number of rotatable bonds is 5. The Hall–Kier alpha value is -0.340. The van der Waals surface area contributed by atoms with E-state index in [-0.39, 0.29) is 0 Å². The molecule has 0 radical (unpaired) electrons. The van der Waals surface area contributed by atoms with Crippen LogP contribution in [0, 0.1) is 5.92 Å². The van der Waals surface area contributed by atoms with Gasteiger partial charge in [0.25, 0.3) is 0 Å². The van der Waals surface area contributed by atoms with E-state index in [4.69, 9.17) is 0 Å². The average Bonchev–Trinajstić information content (AvgIpc) is 2.25. The number of hydrogen-bond donors (Lipinski definition) is 1. The molecular weight excluding hydrogens is 172 g/mol. The standard InChI is InChI=1S/C12H24N2/c1-3-14-10-6-8-12(11-14)7-4-5-9-13-2/h4-5,12-13H,3,6-11H2,1-2H3/b5-4-. The molecule has 1 fully saturated rings. The SMILES string of the molecule is CCN1CCCC(C/C=C\CNC)C1. The van der Waals surface area contributed by atoms with Gasteiger partial charge in [-0.05, 0) is 45.3 Å². The molecule has 0 bridgehead atoms. The molecule has 1 saturated heterocycles. The Morgan fingerprint density at radius 1 is 1.43 bits per heavy atom. The number of nitrogens with one attached hydrogen (secondary N) is 1. The summed E-state index contributed by atoms with van der Waals surface area (Å²) in [4.78, 5) is 2.57. The van der Waals surface area contributed by atoms with Crippen molar-refractivity contribution in [1.29, 1.82) is 0 Å². The van der Waals surface area contributed by atoms with Gasteiger partial charge in [-0.2, -0.15) is 0 Å². The van der Waals surface area contributed by atoms with Crippen LogP contribution in [-0.2, 0) is 0 Å². The van der Waals surface area contributed by atoms with E-state index < -0.39 is 0 Å². The van der Waals surface area contributed by atoms with E-state index in [1.807, 2.05) is 7.05 Å². The highest BCUT2D eigenvalue weighted by molar-refractivity contribution is 4.87. The van der Waals surface area contributed by atoms with Crippen molar-refractivity contribution in [3.8, 4) is 0 Å². The maximum Gasteiger partial charge on any atom is 0.0131 e. The molecule has 2 heteroatoms. The quantitative estimate of drug-likeness (QED) is 0.675. The van der Waals surface area contributed by atoms with Crippen molar-refractivity contribution in [2.75, 3.05) is 33.2 Å². The largest absolute Gasteiger partial charge is 0.316 e. The Morgan fingerprint density at radius 2 is 2.29 bits per heavy atom. The third-order valence-electron chi connectivity index (χ3n) is 3.01. The molecule has 0 aromatic carbocycles. The zero-order valence-electron chi connectivity index (χ0n) is 9.63. The highest BCUT2D eigenvalue weighted by Crippen LogP contribution is 2.19. The molecule has 1 unspecified atom stereocenters. The summed E-state index contributed by atoms with van der Waals surface area (Å²) in [5.41, 5.74) is 0. The van der Waals surface area contributed by atoms with Crippen LogP contribution < -0.4 is 5.32 Å². The van der Waals surface area contributed by atoms with Gasteiger partial charge in [-0.3, -0.25) is 0 Å². The second-order valence-electron chi connectivity index (χ2n) is 4.17. The molecule has 1 N–H and O–H groups in total. The molecule has 82 valence electrons. The van der Waals surface area contributed by atoms with Gasteiger partial charge in [0.15, 0.2) is 0 Å². The van der Waals surface area contributed by atoms with E-state index in [9.17, 15) is 0 Å². The predicted octanol–water partition coefficient (Wildman–Crippen LogP) is 1.88. The molecule has 0 spiro atoms. The number of allylic oxidation sites excluding steroid dienone is 1. The Kier molecular flexibility index (Phi) is 5.88. The molecule has 14 heavy (non-hydrogen) atoms. The lowest BCUT2D eigenvalue weighted by Gasteiger charge is -2.31. The van der Waals surface area contributed by atoms with E-state index >= 15 is 0 Å². The lowest BCUT2D eigenvalue weighted by atomic mass is 9.95. The number of likely N-dealkylation sites (tertiary alicyclic amines) is 1. The summed E-state index contributed by atoms with van der Waals surface area (Å²) in [6.07, 6.45) is 8.64. The van der Waals surface area contributed by atoms with E-state index in [1.54, 1.807) is 0 Å². The average molecular weight is 196 g/mol. The van der Waals surface area contributed by atoms with Crippen molar-refractivity contribution in [3.05, 3.63) is 12.2 Å². The minimum absolute atomic E-state index is 0.900. The van der Waals surface area contributed by atoms with E-state index in [2.05, 4.69) is 29.3 Å². The first-order valence-electron chi connectivity index (χ1n) is 5.88. The van der Waals surface area contributed by atoms with Crippen molar-refractivity contribution in [3.63, 3.8) is 0 Å². The number of piperidine rings is 1. The van der Waals surface area contributed by atoms with Crippen LogP contribution in [0.3, 0.4) is 0 Å². The first kappa shape index (κ1) is 11.7. The Bertz CT molecular complexity index is 166. The second-order valence-corrected chi connectivity index (χ2v) is 4.17. The fraction of sp³-hybridized carbons (Fsp3) is 0.833. The van der Waals surface area contributed by atoms with Gasteiger partial charge in [0.05, 0.1) is 0 Å². The zero-order valence-corrected chi connectivity index (χ0v) is 9.63. The maximum absolute atomic E-state index is 3.13. The maximum atomic E-state index is 3.13. The van der Waals surface area contributed by atoms with Crippen molar-refractivity contribution in [2.45, 2.75) is 26.2 Å². The van der Waals surface area contributed by atoms with Crippen LogP contribution >= 0.6 is 0 Å². The van der Waals surface area contributed by atoms with Crippen LogP contribution in [0.5, 0.6) is 0 Å². The minimum Gasteiger partial charge on any atom is -0.316 e. The molecular formula is C12H24N2. The Balaban J connectivity index is 2.17. The van der Waals surface area contributed by atoms with Gasteiger partial charge < -0.3 is 10.2 Å². The first-order chi connectivity index (χ1) is 6.86. The predicted molar refractivity (Wildman–Crippen MR) is 62.5 cm³/mol. The summed E-state index contributed by atoms with van der Waals surface area (Å²) < 4.78 is 0. The normalized spacial score (nSPS) is 24.6. The van der Waals surface area contributed by atoms with Crippen LogP contribution in [0.25, 0.3) is 0 Å². The van der Waals surface area contributed by atoms with Crippen molar-refractivity contribution >= 4 is 0 Å². The van der Waals surface area contributed by atoms with Gasteiger partial charge in [0.2, 0.25) is 0 Å². The van der Waals surface area contributed by atoms with Crippen LogP contribution in [0.2, 0.25) is 0 Å². The molecule has 0 aromatic rings. The molecule has 2 nitrogen and oxygen atoms in total. The molecule has 0 aliphatic carbocycles. The molecule has 1 atom stereocenters. The van der Waals surface area contributed by atoms with E-state index in [1.165, 1.54) is 38.9 Å². The van der Waals surface area contributed by atoms with Gasteiger partial charge in [-0.25, -0.2) is 0 Å². The van der Waals surface area contributed by atoms with E-state index in [0.717, 1.165) is 12.5 Å². The minimum atomic E-state index is 0.900. The molecule has 1 rings (SSSR count). The van der Waals surface area contributed by atoms with Crippen molar-refractivity contribution in [2.24, 2.45) is 5.92 Å². The molecule has 0 aromatic heterocycles. The third-order valence-corrected chi connectivity index (χ3v) is 3.01. The van der Waals surface area contributed by atoms with E-state index in [0.29, 0.717) is 0 Å². The highest BCUT2D eigenvalue weighted by Gasteiger charge is 2.16. The lowest BCUT2D eigenvalue weighted by Crippen LogP contribution is -2.34. The fourth-order valence-corrected chi connectivity index (χ4v) is 2.12. The van der Waals surface area contributed by atoms with Gasteiger partial charge in [0, 0.05) is 13.1 Å². The van der Waals surface area contributed by atoms with Gasteiger partial charge >= 0.3 is 0 Å². The molecule has 1 aliphatic rings. The topological polar surface area (TPSA) is 15.3 Å². The lowest BCUT2D eigenvalue weighted by molar-refractivity contribution is 0.184. The van der Waals surface area contributed by atoms with Crippen molar-refractivity contribution < 1.29 is 0 Å². The summed E-state index contributed by atoms with van der Waals surface area (Å²) in [5.74, 6) is 0.900. The number of likely N-dealkylation sites (N-methyl/N-ethyl adjacent to an activating group) is 1. The molecule has 1 aliphatic heterocycles. The molecule has 0 amide bonds. The molecule has 1 heterocycles. The highest BCUT2D eigenvalue weighted by atomic mass is 15.1. The first-order valence-corrected chi connectivity index (χ1v) is 5.88. The summed E-state index contributed by atoms with van der Waals surface area (Å²) in [7, 11) is 1.99. The monoisotopic (exact) mass is 196 g/mol. The Labute approximate surface area is 88.4 Å². The fourth-order valence-electron chi connectivity index (χ4n) is 2.12. The summed E-state index contributed by atoms with van der Waals surface area (Å²) >= 11 is 0. The Morgan fingerprint density at radius 3 is 3.00 bits per heavy atom. The summed E-state index contributed by atoms with van der Waals surface area (Å²) in [5, 5.41) is 3.13. The van der Waals surface area contributed by atoms with Gasteiger partial charge in [-0.15, -0.1) is 0 Å². The second kappa shape index (κ2) is 7.02. The van der Waals surface area contributed by atoms with Crippen LogP contribution in [0.15, 0.2) is 12.2 Å². The van der Waals surface area contributed by atoms with Gasteiger partial charge in [0.1, 0.15) is 0 Å². The number of nitrogens with zero attached hydrogens (tertiary/aromatic N) is 1. The molecule has 0 saturated carbocycles. The van der Waals surface area contributed by atoms with Crippen LogP contribution in [-0.4, -0.2) is 38.1 Å². The third kappa shape index (κ3) is 4.25. The van der Waals surface area contributed by atoms with Crippen molar-refractivity contribution in [1.82, 2.24) is 10.2 Å². The van der Waals surface area contributed by atoms with Crippen LogP contribution in [0.1, 0.15) is 26.2 Å².